The summed E-state index contributed by atoms with van der Waals surface area (Å²) < 4.78 is 6.24. The van der Waals surface area contributed by atoms with E-state index in [1.165, 1.54) is 0 Å². The number of thioether (sulfide) groups is 1. The van der Waals surface area contributed by atoms with E-state index in [0.29, 0.717) is 13.1 Å². The maximum absolute atomic E-state index is 11.9. The average Bonchev–Trinajstić information content (AvgIpc) is 2.53. The van der Waals surface area contributed by atoms with E-state index in [4.69, 9.17) is 4.74 Å². The van der Waals surface area contributed by atoms with Gasteiger partial charge in [0, 0.05) is 13.1 Å². The Hall–Kier alpha value is -0.490. The Labute approximate surface area is 114 Å². The highest BCUT2D eigenvalue weighted by atomic mass is 79.9. The summed E-state index contributed by atoms with van der Waals surface area (Å²) in [6.07, 6.45) is 1.73. The third-order valence-corrected chi connectivity index (χ3v) is 4.04. The van der Waals surface area contributed by atoms with Crippen LogP contribution in [0.15, 0.2) is 16.8 Å². The van der Waals surface area contributed by atoms with Crippen molar-refractivity contribution in [2.45, 2.75) is 31.6 Å². The molecule has 0 aliphatic carbocycles. The zero-order valence-electron chi connectivity index (χ0n) is 10.1. The van der Waals surface area contributed by atoms with Crippen LogP contribution in [0.5, 0.6) is 0 Å². The van der Waals surface area contributed by atoms with Gasteiger partial charge in [0.1, 0.15) is 9.55 Å². The van der Waals surface area contributed by atoms with Crippen molar-refractivity contribution in [3.05, 3.63) is 11.8 Å². The lowest BCUT2D eigenvalue weighted by Gasteiger charge is -2.30. The number of nitrogens with zero attached hydrogens (tertiary/aromatic N) is 2. The average molecular weight is 319 g/mol. The number of ether oxygens (including phenoxy) is 1. The maximum atomic E-state index is 11.9. The molecule has 2 rings (SSSR count). The lowest BCUT2D eigenvalue weighted by Crippen LogP contribution is -2.42. The van der Waals surface area contributed by atoms with Gasteiger partial charge in [0.25, 0.3) is 0 Å². The van der Waals surface area contributed by atoms with Crippen LogP contribution >= 0.6 is 27.7 Å². The van der Waals surface area contributed by atoms with Crippen molar-refractivity contribution in [1.29, 1.82) is 0 Å². The number of fused-ring (bicyclic) bond motifs is 1. The molecule has 0 aromatic carbocycles. The monoisotopic (exact) mass is 318 g/mol. The first kappa shape index (κ1) is 13.0. The SMILES string of the molecule is CC(C)(C)OC(=O)N1CC=C2N=C(Br)SC2C1. The van der Waals surface area contributed by atoms with Crippen LogP contribution in [-0.2, 0) is 4.74 Å². The lowest BCUT2D eigenvalue weighted by molar-refractivity contribution is 0.0269. The smallest absolute Gasteiger partial charge is 0.410 e. The molecule has 0 aromatic heterocycles. The molecule has 2 aliphatic rings. The van der Waals surface area contributed by atoms with Gasteiger partial charge in [0.05, 0.1) is 10.9 Å². The molecule has 17 heavy (non-hydrogen) atoms. The molecule has 0 fully saturated rings. The molecule has 94 valence electrons. The lowest BCUT2D eigenvalue weighted by atomic mass is 10.2. The topological polar surface area (TPSA) is 41.9 Å². The highest BCUT2D eigenvalue weighted by Gasteiger charge is 2.32. The fourth-order valence-corrected chi connectivity index (χ4v) is 3.44. The molecule has 2 heterocycles. The van der Waals surface area contributed by atoms with Gasteiger partial charge in [0.2, 0.25) is 0 Å². The van der Waals surface area contributed by atoms with E-state index in [9.17, 15) is 4.79 Å². The Kier molecular flexibility index (Phi) is 3.54. The molecule has 1 amide bonds. The van der Waals surface area contributed by atoms with Gasteiger partial charge in [0.15, 0.2) is 0 Å². The van der Waals surface area contributed by atoms with Gasteiger partial charge in [-0.3, -0.25) is 0 Å². The number of halogens is 1. The molecule has 1 atom stereocenters. The van der Waals surface area contributed by atoms with E-state index in [1.807, 2.05) is 26.8 Å². The third-order valence-electron chi connectivity index (χ3n) is 2.35. The van der Waals surface area contributed by atoms with Crippen LogP contribution in [0.2, 0.25) is 0 Å². The summed E-state index contributed by atoms with van der Waals surface area (Å²) in [7, 11) is 0. The Morgan fingerprint density at radius 3 is 3.00 bits per heavy atom. The van der Waals surface area contributed by atoms with Crippen molar-refractivity contribution in [2.24, 2.45) is 4.99 Å². The van der Waals surface area contributed by atoms with Crippen molar-refractivity contribution in [3.8, 4) is 0 Å². The molecule has 0 saturated heterocycles. The summed E-state index contributed by atoms with van der Waals surface area (Å²) >= 11 is 5.01. The minimum atomic E-state index is -0.443. The van der Waals surface area contributed by atoms with E-state index >= 15 is 0 Å². The number of aliphatic imine (C=N–C) groups is 1. The standard InChI is InChI=1S/C11H15BrN2O2S/c1-11(2,3)16-10(15)14-5-4-7-8(6-14)17-9(12)13-7/h4,8H,5-6H2,1-3H3. The van der Waals surface area contributed by atoms with Gasteiger partial charge in [-0.2, -0.15) is 0 Å². The number of hydrogen-bond acceptors (Lipinski definition) is 4. The fourth-order valence-electron chi connectivity index (χ4n) is 1.64. The van der Waals surface area contributed by atoms with Gasteiger partial charge in [-0.15, -0.1) is 0 Å². The van der Waals surface area contributed by atoms with Crippen LogP contribution in [0.3, 0.4) is 0 Å². The van der Waals surface area contributed by atoms with Crippen LogP contribution in [0.25, 0.3) is 0 Å². The molecular weight excluding hydrogens is 304 g/mol. The molecule has 2 aliphatic heterocycles. The van der Waals surface area contributed by atoms with E-state index in [1.54, 1.807) is 16.7 Å². The van der Waals surface area contributed by atoms with Crippen LogP contribution < -0.4 is 0 Å². The molecule has 0 bridgehead atoms. The first-order valence-corrected chi connectivity index (χ1v) is 7.11. The van der Waals surface area contributed by atoms with E-state index < -0.39 is 5.60 Å². The number of amides is 1. The number of carbonyl (C=O) groups excluding carboxylic acids is 1. The number of rotatable bonds is 0. The van der Waals surface area contributed by atoms with Gasteiger partial charge in [-0.25, -0.2) is 9.79 Å². The summed E-state index contributed by atoms with van der Waals surface area (Å²) in [5, 5.41) is 0.241. The number of carbonyl (C=O) groups is 1. The van der Waals surface area contributed by atoms with Crippen molar-refractivity contribution in [3.63, 3.8) is 0 Å². The molecule has 0 N–H and O–H groups in total. The molecule has 0 aromatic rings. The molecular formula is C11H15BrN2O2S. The van der Waals surface area contributed by atoms with Crippen molar-refractivity contribution < 1.29 is 9.53 Å². The highest BCUT2D eigenvalue weighted by Crippen LogP contribution is 2.35. The summed E-state index contributed by atoms with van der Waals surface area (Å²) in [6.45, 7) is 6.86. The van der Waals surface area contributed by atoms with Gasteiger partial charge in [-0.1, -0.05) is 11.8 Å². The fraction of sp³-hybridized carbons (Fsp3) is 0.636. The van der Waals surface area contributed by atoms with Crippen molar-refractivity contribution in [2.75, 3.05) is 13.1 Å². The molecule has 0 spiro atoms. The summed E-state index contributed by atoms with van der Waals surface area (Å²) in [4.78, 5) is 18.0. The second-order valence-corrected chi connectivity index (χ2v) is 7.45. The number of hydrogen-bond donors (Lipinski definition) is 0. The minimum absolute atomic E-state index is 0.241. The minimum Gasteiger partial charge on any atom is -0.444 e. The van der Waals surface area contributed by atoms with Crippen LogP contribution in [0, 0.1) is 0 Å². The van der Waals surface area contributed by atoms with Gasteiger partial charge in [-0.05, 0) is 42.8 Å². The van der Waals surface area contributed by atoms with Crippen LogP contribution in [-0.4, -0.2) is 38.9 Å². The Morgan fingerprint density at radius 2 is 2.35 bits per heavy atom. The Morgan fingerprint density at radius 1 is 1.65 bits per heavy atom. The Bertz CT molecular complexity index is 401. The van der Waals surface area contributed by atoms with Crippen LogP contribution in [0.1, 0.15) is 20.8 Å². The van der Waals surface area contributed by atoms with Crippen molar-refractivity contribution in [1.82, 2.24) is 4.90 Å². The Balaban J connectivity index is 1.98. The molecule has 1 unspecified atom stereocenters. The first-order valence-electron chi connectivity index (χ1n) is 5.44. The maximum Gasteiger partial charge on any atom is 0.410 e. The normalized spacial score (nSPS) is 24.0. The summed E-state index contributed by atoms with van der Waals surface area (Å²) in [6, 6.07) is 0. The predicted molar refractivity (Wildman–Crippen MR) is 73.6 cm³/mol. The van der Waals surface area contributed by atoms with E-state index in [2.05, 4.69) is 20.9 Å². The second-order valence-electron chi connectivity index (χ2n) is 4.99. The third kappa shape index (κ3) is 3.25. The van der Waals surface area contributed by atoms with Crippen LogP contribution in [0.4, 0.5) is 4.79 Å². The predicted octanol–water partition coefficient (Wildman–Crippen LogP) is 2.99. The van der Waals surface area contributed by atoms with Gasteiger partial charge < -0.3 is 9.64 Å². The second kappa shape index (κ2) is 4.65. The largest absolute Gasteiger partial charge is 0.444 e. The summed E-state index contributed by atoms with van der Waals surface area (Å²) in [5.41, 5.74) is 0.614. The van der Waals surface area contributed by atoms with Crippen molar-refractivity contribution >= 4 is 37.7 Å². The molecule has 0 saturated carbocycles. The quantitative estimate of drug-likeness (QED) is 0.689. The van der Waals surface area contributed by atoms with E-state index in [-0.39, 0.29) is 11.3 Å². The van der Waals surface area contributed by atoms with E-state index in [0.717, 1.165) is 9.65 Å². The zero-order valence-corrected chi connectivity index (χ0v) is 12.5. The summed E-state index contributed by atoms with van der Waals surface area (Å²) in [5.74, 6) is 0. The molecule has 0 radical (unpaired) electrons. The van der Waals surface area contributed by atoms with Gasteiger partial charge >= 0.3 is 6.09 Å². The molecule has 6 heteroatoms. The molecule has 4 nitrogen and oxygen atoms in total. The first-order chi connectivity index (χ1) is 7.85. The highest BCUT2D eigenvalue weighted by molar-refractivity contribution is 9.22. The zero-order chi connectivity index (χ0) is 12.6.